The second kappa shape index (κ2) is 11.7. The summed E-state index contributed by atoms with van der Waals surface area (Å²) < 4.78 is 17.8. The van der Waals surface area contributed by atoms with Gasteiger partial charge in [0.2, 0.25) is 5.91 Å². The molecule has 1 N–H and O–H groups in total. The van der Waals surface area contributed by atoms with Crippen LogP contribution in [-0.4, -0.2) is 57.0 Å². The molecule has 3 aliphatic heterocycles. The average Bonchev–Trinajstić information content (AvgIpc) is 3.44. The fraction of sp³-hybridized carbons (Fsp3) is 0.400. The molecule has 45 heavy (non-hydrogen) atoms. The number of anilines is 2. The van der Waals surface area contributed by atoms with E-state index < -0.39 is 25.9 Å². The van der Waals surface area contributed by atoms with E-state index in [1.54, 1.807) is 18.1 Å². The molecule has 0 radical (unpaired) electrons. The summed E-state index contributed by atoms with van der Waals surface area (Å²) in [5.74, 6) is -0.254. The van der Waals surface area contributed by atoms with E-state index in [1.165, 1.54) is 17.0 Å². The molecule has 3 aromatic rings. The molecule has 9 nitrogen and oxygen atoms in total. The smallest absolute Gasteiger partial charge is 0.304 e. The van der Waals surface area contributed by atoms with Gasteiger partial charge in [-0.15, -0.1) is 0 Å². The highest BCUT2D eigenvalue weighted by Gasteiger charge is 2.66. The van der Waals surface area contributed by atoms with E-state index in [2.05, 4.69) is 32.2 Å². The van der Waals surface area contributed by atoms with Crippen LogP contribution in [-0.2, 0) is 36.0 Å². The van der Waals surface area contributed by atoms with Crippen LogP contribution in [0.1, 0.15) is 37.8 Å². The maximum absolute atomic E-state index is 14.9. The zero-order chi connectivity index (χ0) is 32.1. The van der Waals surface area contributed by atoms with Gasteiger partial charge in [0.05, 0.1) is 39.9 Å². The van der Waals surface area contributed by atoms with Gasteiger partial charge in [0.25, 0.3) is 5.91 Å². The first-order valence-corrected chi connectivity index (χ1v) is 18.5. The largest absolute Gasteiger partial charge is 0.497 e. The molecule has 1 spiro atoms. The van der Waals surface area contributed by atoms with Gasteiger partial charge in [-0.25, -0.2) is 0 Å². The third-order valence-electron chi connectivity index (χ3n) is 9.90. The van der Waals surface area contributed by atoms with Crippen LogP contribution in [0, 0.1) is 5.92 Å². The second-order valence-electron chi connectivity index (χ2n) is 12.8. The lowest BCUT2D eigenvalue weighted by Gasteiger charge is -2.39. The molecule has 1 unspecified atom stereocenters. The maximum atomic E-state index is 14.9. The van der Waals surface area contributed by atoms with E-state index in [-0.39, 0.29) is 42.4 Å². The number of methoxy groups -OCH3 is 1. The van der Waals surface area contributed by atoms with Gasteiger partial charge in [0.1, 0.15) is 5.75 Å². The zero-order valence-corrected chi connectivity index (χ0v) is 27.4. The lowest BCUT2D eigenvalue weighted by molar-refractivity contribution is -0.153. The number of aliphatic hydroxyl groups is 1. The number of esters is 1. The summed E-state index contributed by atoms with van der Waals surface area (Å²) >= 11 is 0. The number of benzene rings is 3. The highest BCUT2D eigenvalue weighted by atomic mass is 28.3. The van der Waals surface area contributed by atoms with Gasteiger partial charge in [-0.2, -0.15) is 0 Å². The van der Waals surface area contributed by atoms with Crippen LogP contribution in [0.2, 0.25) is 18.6 Å². The predicted molar refractivity (Wildman–Crippen MR) is 173 cm³/mol. The molecule has 236 valence electrons. The van der Waals surface area contributed by atoms with E-state index in [1.807, 2.05) is 54.6 Å². The minimum atomic E-state index is -2.34. The molecule has 2 saturated heterocycles. The second-order valence-corrected chi connectivity index (χ2v) is 17.5. The lowest BCUT2D eigenvalue weighted by atomic mass is 9.82. The molecule has 3 aliphatic rings. The molecule has 3 aromatic carbocycles. The van der Waals surface area contributed by atoms with Crippen molar-refractivity contribution in [2.75, 3.05) is 23.5 Å². The predicted octanol–water partition coefficient (Wildman–Crippen LogP) is 4.47. The first-order chi connectivity index (χ1) is 21.5. The monoisotopic (exact) mass is 628 g/mol. The van der Waals surface area contributed by atoms with Crippen LogP contribution < -0.4 is 19.7 Å². The Labute approximate surface area is 264 Å². The van der Waals surface area contributed by atoms with Gasteiger partial charge in [0.15, 0.2) is 11.8 Å². The fourth-order valence-electron chi connectivity index (χ4n) is 7.75. The summed E-state index contributed by atoms with van der Waals surface area (Å²) in [5.41, 5.74) is 1.60. The highest BCUT2D eigenvalue weighted by molar-refractivity contribution is 6.91. The van der Waals surface area contributed by atoms with Crippen molar-refractivity contribution in [2.24, 2.45) is 5.92 Å². The molecule has 6 rings (SSSR count). The van der Waals surface area contributed by atoms with E-state index >= 15 is 0 Å². The SMILES string of the molecule is COc1ccc([Si](C)(C)[C@@H]2[C@@H](CCO)O[C@]3(C(=O)N(Cc4ccccc4)c4ccc(N5C(=O)CC5OC(C)=O)cc43)[C@H]2C)cc1. The third-order valence-corrected chi connectivity index (χ3v) is 14.3. The number of fused-ring (bicyclic) bond motifs is 2. The van der Waals surface area contributed by atoms with Gasteiger partial charge < -0.3 is 24.2 Å². The Balaban J connectivity index is 1.47. The Morgan fingerprint density at radius 3 is 2.40 bits per heavy atom. The molecule has 0 aromatic heterocycles. The van der Waals surface area contributed by atoms with Crippen molar-refractivity contribution in [3.8, 4) is 5.75 Å². The van der Waals surface area contributed by atoms with Crippen LogP contribution in [0.3, 0.4) is 0 Å². The van der Waals surface area contributed by atoms with Crippen molar-refractivity contribution >= 4 is 42.4 Å². The molecular weight excluding hydrogens is 588 g/mol. The summed E-state index contributed by atoms with van der Waals surface area (Å²) in [5, 5.41) is 11.4. The summed E-state index contributed by atoms with van der Waals surface area (Å²) in [7, 11) is -0.697. The van der Waals surface area contributed by atoms with Gasteiger partial charge in [0, 0.05) is 30.7 Å². The number of hydrogen-bond acceptors (Lipinski definition) is 7. The number of rotatable bonds is 9. The molecule has 2 amide bonds. The topological polar surface area (TPSA) is 106 Å². The number of aliphatic hydroxyl groups excluding tert-OH is 1. The Morgan fingerprint density at radius 2 is 1.78 bits per heavy atom. The minimum Gasteiger partial charge on any atom is -0.497 e. The molecule has 0 saturated carbocycles. The molecule has 5 atom stereocenters. The van der Waals surface area contributed by atoms with Crippen molar-refractivity contribution < 1.29 is 33.7 Å². The van der Waals surface area contributed by atoms with Crippen molar-refractivity contribution in [2.45, 2.75) is 69.8 Å². The molecule has 2 fully saturated rings. The first-order valence-electron chi connectivity index (χ1n) is 15.5. The minimum absolute atomic E-state index is 0.0189. The number of carbonyl (C=O) groups is 3. The standard InChI is InChI=1S/C35H40N2O7Si/c1-22-33(45(4,5)27-14-12-26(42-3)13-15-27)30(17-18-38)44-35(22)28-19-25(37-31(40)20-32(37)43-23(2)39)11-16-29(28)36(34(35)41)21-24-9-7-6-8-10-24/h6-16,19,22,30,32-33,38H,17-18,20-21H2,1-5H3/t22-,30+,32?,33-,35+/m0/s1. The zero-order valence-electron chi connectivity index (χ0n) is 26.4. The molecule has 0 bridgehead atoms. The molecule has 3 heterocycles. The van der Waals surface area contributed by atoms with Crippen LogP contribution in [0.25, 0.3) is 0 Å². The average molecular weight is 629 g/mol. The summed E-state index contributed by atoms with van der Waals surface area (Å²) in [6.07, 6.45) is -0.565. The number of carbonyl (C=O) groups excluding carboxylic acids is 3. The highest BCUT2D eigenvalue weighted by Crippen LogP contribution is 2.60. The Morgan fingerprint density at radius 1 is 1.07 bits per heavy atom. The van der Waals surface area contributed by atoms with Crippen LogP contribution in [0.15, 0.2) is 72.8 Å². The van der Waals surface area contributed by atoms with Crippen molar-refractivity contribution in [3.63, 3.8) is 0 Å². The van der Waals surface area contributed by atoms with Crippen LogP contribution in [0.4, 0.5) is 11.4 Å². The van der Waals surface area contributed by atoms with Gasteiger partial charge >= 0.3 is 5.97 Å². The van der Waals surface area contributed by atoms with Gasteiger partial charge in [-0.1, -0.05) is 67.7 Å². The number of nitrogens with zero attached hydrogens (tertiary/aromatic N) is 2. The number of β-lactam (4-membered cyclic amide) rings is 1. The van der Waals surface area contributed by atoms with Crippen LogP contribution in [0.5, 0.6) is 5.75 Å². The lowest BCUT2D eigenvalue weighted by Crippen LogP contribution is -2.55. The van der Waals surface area contributed by atoms with Gasteiger partial charge in [-0.05, 0) is 47.9 Å². The van der Waals surface area contributed by atoms with Crippen LogP contribution >= 0.6 is 0 Å². The van der Waals surface area contributed by atoms with Gasteiger partial charge in [-0.3, -0.25) is 19.3 Å². The van der Waals surface area contributed by atoms with E-state index in [9.17, 15) is 19.5 Å². The number of ether oxygens (including phenoxy) is 3. The summed E-state index contributed by atoms with van der Waals surface area (Å²) in [6.45, 7) is 8.29. The first kappa shape index (κ1) is 31.0. The Kier molecular flexibility index (Phi) is 8.09. The summed E-state index contributed by atoms with van der Waals surface area (Å²) in [4.78, 5) is 42.7. The normalized spacial score (nSPS) is 25.8. The van der Waals surface area contributed by atoms with E-state index in [0.717, 1.165) is 17.0 Å². The molecular formula is C35H40N2O7Si. The molecule has 0 aliphatic carbocycles. The number of amides is 2. The Bertz CT molecular complexity index is 1610. The van der Waals surface area contributed by atoms with Crippen molar-refractivity contribution in [3.05, 3.63) is 83.9 Å². The summed E-state index contributed by atoms with van der Waals surface area (Å²) in [6, 6.07) is 23.5. The quantitative estimate of drug-likeness (QED) is 0.212. The maximum Gasteiger partial charge on any atom is 0.304 e. The Hall–Kier alpha value is -3.99. The fourth-order valence-corrected chi connectivity index (χ4v) is 11.8. The van der Waals surface area contributed by atoms with Crippen molar-refractivity contribution in [1.29, 1.82) is 0 Å². The van der Waals surface area contributed by atoms with E-state index in [0.29, 0.717) is 24.2 Å². The number of hydrogen-bond donors (Lipinski definition) is 1. The molecule has 10 heteroatoms. The third kappa shape index (κ3) is 5.05. The van der Waals surface area contributed by atoms with Crippen molar-refractivity contribution in [1.82, 2.24) is 0 Å². The van der Waals surface area contributed by atoms with E-state index in [4.69, 9.17) is 14.2 Å².